The van der Waals surface area contributed by atoms with E-state index in [9.17, 15) is 9.59 Å². The number of carbonyl (C=O) groups is 2. The van der Waals surface area contributed by atoms with Gasteiger partial charge in [0.2, 0.25) is 17.8 Å². The summed E-state index contributed by atoms with van der Waals surface area (Å²) in [4.78, 5) is 44.5. The molecule has 2 amide bonds. The Balaban J connectivity index is 1.68. The van der Waals surface area contributed by atoms with E-state index in [1.807, 2.05) is 24.3 Å². The van der Waals surface area contributed by atoms with Crippen LogP contribution in [-0.2, 0) is 9.59 Å². The van der Waals surface area contributed by atoms with Crippen LogP contribution in [0.1, 0.15) is 13.8 Å². The molecule has 2 aromatic heterocycles. The summed E-state index contributed by atoms with van der Waals surface area (Å²) in [6.07, 6.45) is 1.64. The van der Waals surface area contributed by atoms with Crippen LogP contribution in [0, 0.1) is 0 Å². The van der Waals surface area contributed by atoms with Crippen molar-refractivity contribution in [3.63, 3.8) is 0 Å². The molecular formula is C20H22N8O2. The fourth-order valence-corrected chi connectivity index (χ4v) is 3.43. The standard InChI is InChI=1S/C20H22N8O2/c1-12(29)23-15-5-3-14(4-6-15)16-11-22-18-17(24-16)19(26-20(21)25-18)28-9-7-27(8-10-28)13(2)30/h3-6,11H,7-10H2,1-2H3,(H,23,29)(H2,21,22,25,26). The van der Waals surface area contributed by atoms with Crippen molar-refractivity contribution in [2.75, 3.05) is 42.1 Å². The first kappa shape index (κ1) is 19.5. The van der Waals surface area contributed by atoms with E-state index in [4.69, 9.17) is 10.7 Å². The van der Waals surface area contributed by atoms with E-state index >= 15 is 0 Å². The Hall–Kier alpha value is -3.82. The van der Waals surface area contributed by atoms with E-state index in [1.165, 1.54) is 6.92 Å². The van der Waals surface area contributed by atoms with Crippen LogP contribution in [0.4, 0.5) is 17.5 Å². The normalized spacial score (nSPS) is 14.1. The predicted molar refractivity (Wildman–Crippen MR) is 114 cm³/mol. The monoisotopic (exact) mass is 406 g/mol. The fraction of sp³-hybridized carbons (Fsp3) is 0.300. The minimum absolute atomic E-state index is 0.0616. The number of fused-ring (bicyclic) bond motifs is 1. The van der Waals surface area contributed by atoms with Crippen LogP contribution in [-0.4, -0.2) is 62.8 Å². The SMILES string of the molecule is CC(=O)Nc1ccc(-c2cnc3nc(N)nc(N4CCN(C(C)=O)CC4)c3n2)cc1. The van der Waals surface area contributed by atoms with E-state index in [1.54, 1.807) is 18.0 Å². The number of hydrogen-bond acceptors (Lipinski definition) is 8. The van der Waals surface area contributed by atoms with Gasteiger partial charge in [-0.1, -0.05) is 12.1 Å². The number of carbonyl (C=O) groups excluding carboxylic acids is 2. The molecule has 154 valence electrons. The van der Waals surface area contributed by atoms with Crippen molar-refractivity contribution in [1.29, 1.82) is 0 Å². The lowest BCUT2D eigenvalue weighted by Gasteiger charge is -2.35. The number of nitrogen functional groups attached to an aromatic ring is 1. The van der Waals surface area contributed by atoms with Gasteiger partial charge in [-0.25, -0.2) is 9.97 Å². The molecule has 10 nitrogen and oxygen atoms in total. The van der Waals surface area contributed by atoms with Gasteiger partial charge in [0.1, 0.15) is 0 Å². The van der Waals surface area contributed by atoms with Crippen molar-refractivity contribution < 1.29 is 9.59 Å². The summed E-state index contributed by atoms with van der Waals surface area (Å²) in [6.45, 7) is 5.51. The molecule has 0 bridgehead atoms. The second kappa shape index (κ2) is 7.90. The molecule has 1 fully saturated rings. The molecule has 1 saturated heterocycles. The highest BCUT2D eigenvalue weighted by atomic mass is 16.2. The third-order valence-electron chi connectivity index (χ3n) is 4.93. The van der Waals surface area contributed by atoms with E-state index in [2.05, 4.69) is 25.2 Å². The quantitative estimate of drug-likeness (QED) is 0.665. The van der Waals surface area contributed by atoms with Crippen molar-refractivity contribution in [3.05, 3.63) is 30.5 Å². The number of nitrogens with two attached hydrogens (primary N) is 1. The number of anilines is 3. The van der Waals surface area contributed by atoms with E-state index in [0.717, 1.165) is 5.56 Å². The molecule has 10 heteroatoms. The van der Waals surface area contributed by atoms with Crippen LogP contribution in [0.5, 0.6) is 0 Å². The molecule has 0 radical (unpaired) electrons. The molecule has 3 heterocycles. The Labute approximate surface area is 173 Å². The zero-order chi connectivity index (χ0) is 21.3. The zero-order valence-corrected chi connectivity index (χ0v) is 16.8. The molecule has 1 aliphatic rings. The largest absolute Gasteiger partial charge is 0.368 e. The number of nitrogens with one attached hydrogen (secondary N) is 1. The smallest absolute Gasteiger partial charge is 0.224 e. The lowest BCUT2D eigenvalue weighted by Crippen LogP contribution is -2.48. The maximum Gasteiger partial charge on any atom is 0.224 e. The maximum atomic E-state index is 11.6. The molecule has 0 saturated carbocycles. The van der Waals surface area contributed by atoms with Crippen LogP contribution in [0.3, 0.4) is 0 Å². The van der Waals surface area contributed by atoms with Gasteiger partial charge >= 0.3 is 0 Å². The molecule has 0 unspecified atom stereocenters. The van der Waals surface area contributed by atoms with Crippen LogP contribution in [0.25, 0.3) is 22.4 Å². The third-order valence-corrected chi connectivity index (χ3v) is 4.93. The van der Waals surface area contributed by atoms with Gasteiger partial charge in [-0.05, 0) is 12.1 Å². The first-order valence-electron chi connectivity index (χ1n) is 9.59. The molecule has 30 heavy (non-hydrogen) atoms. The summed E-state index contributed by atoms with van der Waals surface area (Å²) in [6, 6.07) is 7.35. The Bertz CT molecular complexity index is 1110. The molecule has 3 N–H and O–H groups in total. The van der Waals surface area contributed by atoms with Gasteiger partial charge in [0.15, 0.2) is 17.0 Å². The average Bonchev–Trinajstić information content (AvgIpc) is 2.73. The van der Waals surface area contributed by atoms with Gasteiger partial charge in [-0.3, -0.25) is 9.59 Å². The minimum Gasteiger partial charge on any atom is -0.368 e. The lowest BCUT2D eigenvalue weighted by atomic mass is 10.1. The van der Waals surface area contributed by atoms with Crippen molar-refractivity contribution >= 4 is 40.4 Å². The zero-order valence-electron chi connectivity index (χ0n) is 16.8. The van der Waals surface area contributed by atoms with E-state index < -0.39 is 0 Å². The highest BCUT2D eigenvalue weighted by Crippen LogP contribution is 2.26. The lowest BCUT2D eigenvalue weighted by molar-refractivity contribution is -0.129. The van der Waals surface area contributed by atoms with Gasteiger partial charge in [-0.15, -0.1) is 0 Å². The van der Waals surface area contributed by atoms with Crippen molar-refractivity contribution in [2.45, 2.75) is 13.8 Å². The highest BCUT2D eigenvalue weighted by Gasteiger charge is 2.23. The highest BCUT2D eigenvalue weighted by molar-refractivity contribution is 5.89. The number of rotatable bonds is 3. The number of nitrogens with zero attached hydrogens (tertiary/aromatic N) is 6. The molecule has 0 atom stereocenters. The third kappa shape index (κ3) is 3.97. The molecule has 1 aromatic carbocycles. The summed E-state index contributed by atoms with van der Waals surface area (Å²) in [7, 11) is 0. The number of hydrogen-bond donors (Lipinski definition) is 2. The Morgan fingerprint density at radius 2 is 1.70 bits per heavy atom. The topological polar surface area (TPSA) is 130 Å². The Morgan fingerprint density at radius 3 is 2.33 bits per heavy atom. The summed E-state index contributed by atoms with van der Waals surface area (Å²) in [5, 5.41) is 2.74. The second-order valence-corrected chi connectivity index (χ2v) is 7.08. The first-order chi connectivity index (χ1) is 14.4. The van der Waals surface area contributed by atoms with Crippen LogP contribution >= 0.6 is 0 Å². The molecular weight excluding hydrogens is 384 g/mol. The van der Waals surface area contributed by atoms with E-state index in [-0.39, 0.29) is 17.8 Å². The molecule has 1 aliphatic heterocycles. The van der Waals surface area contributed by atoms with Gasteiger partial charge in [0, 0.05) is 51.3 Å². The van der Waals surface area contributed by atoms with Gasteiger partial charge in [0.25, 0.3) is 0 Å². The fourth-order valence-electron chi connectivity index (χ4n) is 3.43. The number of aromatic nitrogens is 4. The Kier molecular flexibility index (Phi) is 5.13. The van der Waals surface area contributed by atoms with E-state index in [0.29, 0.717) is 54.5 Å². The first-order valence-corrected chi connectivity index (χ1v) is 9.59. The Morgan fingerprint density at radius 1 is 1.00 bits per heavy atom. The van der Waals surface area contributed by atoms with Crippen molar-refractivity contribution in [3.8, 4) is 11.3 Å². The summed E-state index contributed by atoms with van der Waals surface area (Å²) in [5.74, 6) is 0.683. The second-order valence-electron chi connectivity index (χ2n) is 7.08. The number of amides is 2. The van der Waals surface area contributed by atoms with Gasteiger partial charge < -0.3 is 20.9 Å². The minimum atomic E-state index is -0.127. The van der Waals surface area contributed by atoms with Crippen molar-refractivity contribution in [1.82, 2.24) is 24.8 Å². The molecule has 0 aliphatic carbocycles. The van der Waals surface area contributed by atoms with Gasteiger partial charge in [-0.2, -0.15) is 9.97 Å². The van der Waals surface area contributed by atoms with Crippen molar-refractivity contribution in [2.24, 2.45) is 0 Å². The summed E-state index contributed by atoms with van der Waals surface area (Å²) < 4.78 is 0. The predicted octanol–water partition coefficient (Wildman–Crippen LogP) is 1.30. The number of benzene rings is 1. The van der Waals surface area contributed by atoms with Crippen LogP contribution < -0.4 is 16.0 Å². The summed E-state index contributed by atoms with van der Waals surface area (Å²) >= 11 is 0. The van der Waals surface area contributed by atoms with Crippen LogP contribution in [0.15, 0.2) is 30.5 Å². The van der Waals surface area contributed by atoms with Gasteiger partial charge in [0.05, 0.1) is 11.9 Å². The van der Waals surface area contributed by atoms with Crippen LogP contribution in [0.2, 0.25) is 0 Å². The number of piperazine rings is 1. The molecule has 4 rings (SSSR count). The molecule has 0 spiro atoms. The summed E-state index contributed by atoms with van der Waals surface area (Å²) in [5.41, 5.74) is 9.10. The average molecular weight is 406 g/mol. The molecule has 3 aromatic rings. The maximum absolute atomic E-state index is 11.6.